The highest BCUT2D eigenvalue weighted by Gasteiger charge is 2.49. The zero-order valence-electron chi connectivity index (χ0n) is 14.3. The Bertz CT molecular complexity index is 716. The maximum Gasteiger partial charge on any atom is 0.282 e. The molecule has 1 aliphatic rings. The molecule has 0 aliphatic carbocycles. The van der Waals surface area contributed by atoms with Gasteiger partial charge in [0.1, 0.15) is 11.3 Å². The maximum absolute atomic E-state index is 12.9. The molecule has 0 N–H and O–H groups in total. The number of benzene rings is 1. The van der Waals surface area contributed by atoms with Crippen molar-refractivity contribution in [3.63, 3.8) is 0 Å². The minimum atomic E-state index is -0.798. The van der Waals surface area contributed by atoms with Gasteiger partial charge in [-0.05, 0) is 50.4 Å². The molecule has 1 amide bonds. The first kappa shape index (κ1) is 19.2. The molecule has 0 spiro atoms. The fourth-order valence-electron chi connectivity index (χ4n) is 2.63. The third-order valence-electron chi connectivity index (χ3n) is 3.71. The van der Waals surface area contributed by atoms with E-state index in [1.165, 1.54) is 23.9 Å². The predicted octanol–water partition coefficient (Wildman–Crippen LogP) is 4.60. The first-order chi connectivity index (χ1) is 11.2. The highest BCUT2D eigenvalue weighted by molar-refractivity contribution is 8.22. The van der Waals surface area contributed by atoms with E-state index >= 15 is 0 Å². The lowest BCUT2D eigenvalue weighted by Gasteiger charge is -2.30. The van der Waals surface area contributed by atoms with Crippen LogP contribution in [0.4, 0.5) is 0 Å². The van der Waals surface area contributed by atoms with Gasteiger partial charge in [-0.3, -0.25) is 9.63 Å². The molecule has 24 heavy (non-hydrogen) atoms. The quantitative estimate of drug-likeness (QED) is 0.708. The average molecular weight is 386 g/mol. The van der Waals surface area contributed by atoms with Crippen LogP contribution in [-0.2, 0) is 14.4 Å². The third-order valence-corrected chi connectivity index (χ3v) is 5.07. The lowest BCUT2D eigenvalue weighted by atomic mass is 9.98. The van der Waals surface area contributed by atoms with Crippen molar-refractivity contribution in [3.05, 3.63) is 40.1 Å². The SMILES string of the molecule is CCSC(=S)OC1=C(c2ccc(C)cc2Cl)C(=O)N(OC)C1(C)C. The van der Waals surface area contributed by atoms with Gasteiger partial charge in [0.15, 0.2) is 0 Å². The molecule has 1 aliphatic heterocycles. The molecule has 1 heterocycles. The van der Waals surface area contributed by atoms with Crippen LogP contribution in [0.25, 0.3) is 5.57 Å². The van der Waals surface area contributed by atoms with Crippen molar-refractivity contribution in [1.82, 2.24) is 5.06 Å². The molecule has 0 saturated heterocycles. The summed E-state index contributed by atoms with van der Waals surface area (Å²) in [6, 6.07) is 5.54. The first-order valence-electron chi connectivity index (χ1n) is 7.48. The van der Waals surface area contributed by atoms with Crippen LogP contribution in [0.2, 0.25) is 5.02 Å². The van der Waals surface area contributed by atoms with Gasteiger partial charge in [-0.2, -0.15) is 0 Å². The Kier molecular flexibility index (Phi) is 5.96. The number of aryl methyl sites for hydroxylation is 1. The number of nitrogens with zero attached hydrogens (tertiary/aromatic N) is 1. The Balaban J connectivity index is 2.62. The Labute approximate surface area is 157 Å². The average Bonchev–Trinajstić information content (AvgIpc) is 2.66. The van der Waals surface area contributed by atoms with Crippen LogP contribution in [-0.4, -0.2) is 33.8 Å². The van der Waals surface area contributed by atoms with Gasteiger partial charge in [-0.1, -0.05) is 42.4 Å². The molecule has 2 rings (SSSR count). The van der Waals surface area contributed by atoms with Crippen LogP contribution in [0.3, 0.4) is 0 Å². The van der Waals surface area contributed by atoms with Crippen LogP contribution in [0.1, 0.15) is 31.9 Å². The van der Waals surface area contributed by atoms with Crippen LogP contribution in [0, 0.1) is 6.92 Å². The number of carbonyl (C=O) groups excluding carboxylic acids is 1. The molecule has 7 heteroatoms. The Morgan fingerprint density at radius 3 is 2.62 bits per heavy atom. The molecule has 0 fully saturated rings. The van der Waals surface area contributed by atoms with Gasteiger partial charge >= 0.3 is 0 Å². The minimum absolute atomic E-state index is 0.299. The normalized spacial score (nSPS) is 16.8. The maximum atomic E-state index is 12.9. The number of amides is 1. The summed E-state index contributed by atoms with van der Waals surface area (Å²) in [6.45, 7) is 7.62. The second kappa shape index (κ2) is 7.44. The molecule has 130 valence electrons. The predicted molar refractivity (Wildman–Crippen MR) is 103 cm³/mol. The van der Waals surface area contributed by atoms with Gasteiger partial charge in [0.25, 0.3) is 5.91 Å². The van der Waals surface area contributed by atoms with Crippen molar-refractivity contribution < 1.29 is 14.4 Å². The number of thioether (sulfide) groups is 1. The van der Waals surface area contributed by atoms with E-state index in [2.05, 4.69) is 0 Å². The minimum Gasteiger partial charge on any atom is -0.441 e. The Hall–Kier alpha value is -1.08. The second-order valence-electron chi connectivity index (χ2n) is 5.81. The van der Waals surface area contributed by atoms with Gasteiger partial charge in [0.05, 0.1) is 12.7 Å². The summed E-state index contributed by atoms with van der Waals surface area (Å²) in [5, 5.41) is 1.77. The topological polar surface area (TPSA) is 38.8 Å². The van der Waals surface area contributed by atoms with Gasteiger partial charge in [0.2, 0.25) is 4.38 Å². The third kappa shape index (κ3) is 3.47. The number of ether oxygens (including phenoxy) is 1. The summed E-state index contributed by atoms with van der Waals surface area (Å²) in [6.07, 6.45) is 0. The number of hydrogen-bond acceptors (Lipinski definition) is 5. The Morgan fingerprint density at radius 2 is 2.08 bits per heavy atom. The number of carbonyl (C=O) groups is 1. The largest absolute Gasteiger partial charge is 0.441 e. The molecular formula is C17H20ClNO3S2. The first-order valence-corrected chi connectivity index (χ1v) is 9.25. The Morgan fingerprint density at radius 1 is 1.42 bits per heavy atom. The summed E-state index contributed by atoms with van der Waals surface area (Å²) in [4.78, 5) is 18.2. The van der Waals surface area contributed by atoms with Crippen LogP contribution in [0.15, 0.2) is 24.0 Å². The summed E-state index contributed by atoms with van der Waals surface area (Å²) >= 11 is 13.1. The molecule has 0 saturated carbocycles. The summed E-state index contributed by atoms with van der Waals surface area (Å²) < 4.78 is 6.26. The van der Waals surface area contributed by atoms with E-state index in [0.717, 1.165) is 11.3 Å². The summed E-state index contributed by atoms with van der Waals surface area (Å²) in [5.74, 6) is 0.938. The monoisotopic (exact) mass is 385 g/mol. The van der Waals surface area contributed by atoms with Gasteiger partial charge in [0, 0.05) is 10.6 Å². The number of hydrogen-bond donors (Lipinski definition) is 0. The van der Waals surface area contributed by atoms with E-state index in [0.29, 0.717) is 26.3 Å². The fraction of sp³-hybridized carbons (Fsp3) is 0.412. The highest BCUT2D eigenvalue weighted by atomic mass is 35.5. The van der Waals surface area contributed by atoms with Crippen molar-refractivity contribution >= 4 is 51.4 Å². The molecule has 0 aromatic heterocycles. The lowest BCUT2D eigenvalue weighted by Crippen LogP contribution is -2.43. The molecule has 0 bridgehead atoms. The van der Waals surface area contributed by atoms with E-state index in [1.807, 2.05) is 45.9 Å². The molecular weight excluding hydrogens is 366 g/mol. The van der Waals surface area contributed by atoms with Crippen molar-refractivity contribution in [3.8, 4) is 0 Å². The fourth-order valence-corrected chi connectivity index (χ4v) is 3.77. The molecule has 1 aromatic carbocycles. The van der Waals surface area contributed by atoms with Crippen molar-refractivity contribution in [2.24, 2.45) is 0 Å². The van der Waals surface area contributed by atoms with E-state index in [1.54, 1.807) is 0 Å². The highest BCUT2D eigenvalue weighted by Crippen LogP contribution is 2.43. The van der Waals surface area contributed by atoms with Crippen molar-refractivity contribution in [2.75, 3.05) is 12.9 Å². The van der Waals surface area contributed by atoms with Gasteiger partial charge in [-0.15, -0.1) is 0 Å². The number of halogens is 1. The van der Waals surface area contributed by atoms with E-state index in [-0.39, 0.29) is 5.91 Å². The molecule has 1 aromatic rings. The van der Waals surface area contributed by atoms with E-state index in [4.69, 9.17) is 33.4 Å². The molecule has 0 unspecified atom stereocenters. The van der Waals surface area contributed by atoms with Crippen LogP contribution < -0.4 is 0 Å². The van der Waals surface area contributed by atoms with E-state index < -0.39 is 5.54 Å². The number of hydroxylamine groups is 2. The zero-order valence-corrected chi connectivity index (χ0v) is 16.7. The van der Waals surface area contributed by atoms with E-state index in [9.17, 15) is 4.79 Å². The number of rotatable bonds is 4. The lowest BCUT2D eigenvalue weighted by molar-refractivity contribution is -0.189. The molecule has 0 radical (unpaired) electrons. The number of thiocarbonyl (C=S) groups is 1. The summed E-state index contributed by atoms with van der Waals surface area (Å²) in [5.41, 5.74) is 1.20. The molecule has 4 nitrogen and oxygen atoms in total. The van der Waals surface area contributed by atoms with Crippen LogP contribution >= 0.6 is 35.6 Å². The molecule has 0 atom stereocenters. The smallest absolute Gasteiger partial charge is 0.282 e. The van der Waals surface area contributed by atoms with Crippen molar-refractivity contribution in [2.45, 2.75) is 33.2 Å². The standard InChI is InChI=1S/C17H20ClNO3S2/c1-6-24-16(23)22-14-13(11-8-7-10(2)9-12(11)18)15(20)19(21-5)17(14,3)4/h7-9H,6H2,1-5H3. The van der Waals surface area contributed by atoms with Gasteiger partial charge < -0.3 is 4.74 Å². The van der Waals surface area contributed by atoms with Crippen molar-refractivity contribution in [1.29, 1.82) is 0 Å². The summed E-state index contributed by atoms with van der Waals surface area (Å²) in [7, 11) is 1.45. The zero-order chi connectivity index (χ0) is 18.1. The van der Waals surface area contributed by atoms with Crippen LogP contribution in [0.5, 0.6) is 0 Å². The van der Waals surface area contributed by atoms with Gasteiger partial charge in [-0.25, -0.2) is 5.06 Å². The second-order valence-corrected chi connectivity index (χ2v) is 8.09.